The van der Waals surface area contributed by atoms with Crippen molar-refractivity contribution in [3.63, 3.8) is 0 Å². The van der Waals surface area contributed by atoms with Gasteiger partial charge in [0.1, 0.15) is 12.4 Å². The number of benzene rings is 2. The van der Waals surface area contributed by atoms with E-state index in [0.29, 0.717) is 18.1 Å². The third kappa shape index (κ3) is 2.95. The van der Waals surface area contributed by atoms with E-state index in [2.05, 4.69) is 5.32 Å². The minimum absolute atomic E-state index is 0.0145. The highest BCUT2D eigenvalue weighted by atomic mass is 35.5. The summed E-state index contributed by atoms with van der Waals surface area (Å²) in [5, 5.41) is 3.68. The van der Waals surface area contributed by atoms with Crippen LogP contribution in [0, 0.1) is 19.8 Å². The molecule has 1 heterocycles. The summed E-state index contributed by atoms with van der Waals surface area (Å²) in [7, 11) is 0. The first-order valence-electron chi connectivity index (χ1n) is 7.33. The zero-order chi connectivity index (χ0) is 15.7. The molecule has 0 aromatic heterocycles. The Kier molecular flexibility index (Phi) is 4.08. The molecule has 1 N–H and O–H groups in total. The number of aryl methyl sites for hydroxylation is 1. The molecule has 0 saturated carbocycles. The molecule has 0 fully saturated rings. The molecule has 1 unspecified atom stereocenters. The summed E-state index contributed by atoms with van der Waals surface area (Å²) in [6.07, 6.45) is 0.645. The summed E-state index contributed by atoms with van der Waals surface area (Å²) in [6.45, 7) is 4.44. The Bertz CT molecular complexity index is 727. The first-order chi connectivity index (χ1) is 10.5. The number of rotatable bonds is 2. The molecule has 1 atom stereocenters. The van der Waals surface area contributed by atoms with Crippen molar-refractivity contribution in [1.29, 1.82) is 0 Å². The Labute approximate surface area is 135 Å². The zero-order valence-corrected chi connectivity index (χ0v) is 13.4. The number of anilines is 1. The summed E-state index contributed by atoms with van der Waals surface area (Å²) in [4.78, 5) is 12.5. The van der Waals surface area contributed by atoms with Gasteiger partial charge >= 0.3 is 0 Å². The van der Waals surface area contributed by atoms with Crippen LogP contribution in [0.2, 0.25) is 5.02 Å². The third-order valence-corrected chi connectivity index (χ3v) is 4.40. The van der Waals surface area contributed by atoms with Crippen molar-refractivity contribution < 1.29 is 9.53 Å². The molecule has 2 aromatic carbocycles. The second-order valence-electron chi connectivity index (χ2n) is 5.70. The molecule has 2 aromatic rings. The number of ether oxygens (including phenoxy) is 1. The molecule has 0 bridgehead atoms. The molecule has 0 saturated heterocycles. The maximum Gasteiger partial charge on any atom is 0.231 e. The van der Waals surface area contributed by atoms with E-state index in [4.69, 9.17) is 16.3 Å². The van der Waals surface area contributed by atoms with Gasteiger partial charge < -0.3 is 10.1 Å². The van der Waals surface area contributed by atoms with Crippen LogP contribution in [0.5, 0.6) is 5.75 Å². The van der Waals surface area contributed by atoms with Gasteiger partial charge in [-0.25, -0.2) is 0 Å². The van der Waals surface area contributed by atoms with E-state index < -0.39 is 0 Å². The fraction of sp³-hybridized carbons (Fsp3) is 0.278. The summed E-state index contributed by atoms with van der Waals surface area (Å²) < 4.78 is 5.68. The van der Waals surface area contributed by atoms with Gasteiger partial charge in [0.25, 0.3) is 0 Å². The lowest BCUT2D eigenvalue weighted by atomic mass is 9.95. The van der Waals surface area contributed by atoms with Gasteiger partial charge in [0, 0.05) is 10.7 Å². The SMILES string of the molecule is Cc1cccc(NC(=O)C2COc3ccc(Cl)cc3C2)c1C. The predicted octanol–water partition coefficient (Wildman–Crippen LogP) is 4.15. The second-order valence-corrected chi connectivity index (χ2v) is 6.14. The van der Waals surface area contributed by atoms with Crippen LogP contribution >= 0.6 is 11.6 Å². The largest absolute Gasteiger partial charge is 0.492 e. The lowest BCUT2D eigenvalue weighted by molar-refractivity contribution is -0.121. The maximum atomic E-state index is 12.5. The molecular weight excluding hydrogens is 298 g/mol. The lowest BCUT2D eigenvalue weighted by Gasteiger charge is -2.25. The Morgan fingerprint density at radius 1 is 1.27 bits per heavy atom. The standard InChI is InChI=1S/C18H18ClNO2/c1-11-4-3-5-16(12(11)2)20-18(21)14-8-13-9-15(19)6-7-17(13)22-10-14/h3-7,9,14H,8,10H2,1-2H3,(H,20,21). The van der Waals surface area contributed by atoms with E-state index in [0.717, 1.165) is 28.1 Å². The van der Waals surface area contributed by atoms with Gasteiger partial charge in [-0.3, -0.25) is 4.79 Å². The number of hydrogen-bond donors (Lipinski definition) is 1. The first kappa shape index (κ1) is 14.9. The Balaban J connectivity index is 1.75. The topological polar surface area (TPSA) is 38.3 Å². The van der Waals surface area contributed by atoms with Crippen molar-refractivity contribution in [2.24, 2.45) is 5.92 Å². The summed E-state index contributed by atoms with van der Waals surface area (Å²) in [5.41, 5.74) is 4.10. The molecule has 3 nitrogen and oxygen atoms in total. The van der Waals surface area contributed by atoms with E-state index >= 15 is 0 Å². The van der Waals surface area contributed by atoms with Crippen LogP contribution in [-0.4, -0.2) is 12.5 Å². The second kappa shape index (κ2) is 6.01. The van der Waals surface area contributed by atoms with Crippen LogP contribution in [0.1, 0.15) is 16.7 Å². The van der Waals surface area contributed by atoms with Crippen molar-refractivity contribution in [2.45, 2.75) is 20.3 Å². The molecule has 4 heteroatoms. The van der Waals surface area contributed by atoms with Crippen LogP contribution in [0.3, 0.4) is 0 Å². The Morgan fingerprint density at radius 2 is 2.09 bits per heavy atom. The number of fused-ring (bicyclic) bond motifs is 1. The lowest BCUT2D eigenvalue weighted by Crippen LogP contribution is -2.32. The first-order valence-corrected chi connectivity index (χ1v) is 7.70. The van der Waals surface area contributed by atoms with E-state index in [1.54, 1.807) is 6.07 Å². The van der Waals surface area contributed by atoms with Gasteiger partial charge in [-0.2, -0.15) is 0 Å². The smallest absolute Gasteiger partial charge is 0.231 e. The molecule has 0 spiro atoms. The molecule has 0 aliphatic carbocycles. The van der Waals surface area contributed by atoms with Crippen molar-refractivity contribution in [3.05, 3.63) is 58.1 Å². The van der Waals surface area contributed by atoms with E-state index in [1.807, 2.05) is 44.2 Å². The predicted molar refractivity (Wildman–Crippen MR) is 88.7 cm³/mol. The van der Waals surface area contributed by atoms with Crippen molar-refractivity contribution >= 4 is 23.2 Å². The minimum Gasteiger partial charge on any atom is -0.492 e. The number of hydrogen-bond acceptors (Lipinski definition) is 2. The van der Waals surface area contributed by atoms with E-state index in [-0.39, 0.29) is 11.8 Å². The van der Waals surface area contributed by atoms with Gasteiger partial charge in [-0.05, 0) is 61.2 Å². The third-order valence-electron chi connectivity index (χ3n) is 4.16. The number of carbonyl (C=O) groups excluding carboxylic acids is 1. The maximum absolute atomic E-state index is 12.5. The summed E-state index contributed by atoms with van der Waals surface area (Å²) in [5.74, 6) is 0.602. The highest BCUT2D eigenvalue weighted by Gasteiger charge is 2.26. The quantitative estimate of drug-likeness (QED) is 0.904. The van der Waals surface area contributed by atoms with Gasteiger partial charge in [0.15, 0.2) is 0 Å². The average Bonchev–Trinajstić information content (AvgIpc) is 2.51. The van der Waals surface area contributed by atoms with Gasteiger partial charge in [0.2, 0.25) is 5.91 Å². The van der Waals surface area contributed by atoms with Gasteiger partial charge in [-0.15, -0.1) is 0 Å². The molecule has 3 rings (SSSR count). The van der Waals surface area contributed by atoms with Crippen LogP contribution in [0.15, 0.2) is 36.4 Å². The molecule has 1 aliphatic rings. The monoisotopic (exact) mass is 315 g/mol. The normalized spacial score (nSPS) is 16.6. The Morgan fingerprint density at radius 3 is 2.91 bits per heavy atom. The minimum atomic E-state index is -0.203. The molecule has 22 heavy (non-hydrogen) atoms. The van der Waals surface area contributed by atoms with Crippen LogP contribution in [-0.2, 0) is 11.2 Å². The summed E-state index contributed by atoms with van der Waals surface area (Å²) >= 11 is 6.02. The number of nitrogens with one attached hydrogen (secondary N) is 1. The van der Waals surface area contributed by atoms with Crippen molar-refractivity contribution in [3.8, 4) is 5.75 Å². The number of carbonyl (C=O) groups is 1. The van der Waals surface area contributed by atoms with Gasteiger partial charge in [0.05, 0.1) is 5.92 Å². The van der Waals surface area contributed by atoms with Crippen LogP contribution in [0.25, 0.3) is 0 Å². The molecule has 114 valence electrons. The molecular formula is C18H18ClNO2. The van der Waals surface area contributed by atoms with Crippen molar-refractivity contribution in [2.75, 3.05) is 11.9 Å². The van der Waals surface area contributed by atoms with Gasteiger partial charge in [-0.1, -0.05) is 23.7 Å². The zero-order valence-electron chi connectivity index (χ0n) is 12.7. The molecule has 1 aliphatic heterocycles. The highest BCUT2D eigenvalue weighted by Crippen LogP contribution is 2.30. The van der Waals surface area contributed by atoms with E-state index in [9.17, 15) is 4.79 Å². The number of amides is 1. The summed E-state index contributed by atoms with van der Waals surface area (Å²) in [6, 6.07) is 11.4. The van der Waals surface area contributed by atoms with E-state index in [1.165, 1.54) is 0 Å². The van der Waals surface area contributed by atoms with Crippen molar-refractivity contribution in [1.82, 2.24) is 0 Å². The fourth-order valence-electron chi connectivity index (χ4n) is 2.65. The average molecular weight is 316 g/mol. The van der Waals surface area contributed by atoms with Crippen LogP contribution in [0.4, 0.5) is 5.69 Å². The molecule has 0 radical (unpaired) electrons. The highest BCUT2D eigenvalue weighted by molar-refractivity contribution is 6.30. The fourth-order valence-corrected chi connectivity index (χ4v) is 2.85. The van der Waals surface area contributed by atoms with Crippen LogP contribution < -0.4 is 10.1 Å². The number of halogens is 1. The Hall–Kier alpha value is -2.00. The molecule has 1 amide bonds.